The molecule has 3 aromatic rings. The van der Waals surface area contributed by atoms with Gasteiger partial charge in [-0.3, -0.25) is 0 Å². The van der Waals surface area contributed by atoms with Crippen LogP contribution in [0.25, 0.3) is 11.4 Å². The van der Waals surface area contributed by atoms with Crippen LogP contribution in [0.3, 0.4) is 0 Å². The number of halogens is 1. The van der Waals surface area contributed by atoms with Gasteiger partial charge in [-0.05, 0) is 35.9 Å². The van der Waals surface area contributed by atoms with Crippen molar-refractivity contribution in [1.29, 1.82) is 0 Å². The number of ether oxygens (including phenoxy) is 1. The van der Waals surface area contributed by atoms with Crippen LogP contribution in [0, 0.1) is 6.92 Å². The molecule has 0 radical (unpaired) electrons. The molecule has 0 atom stereocenters. The first kappa shape index (κ1) is 14.5. The Labute approximate surface area is 133 Å². The lowest BCUT2D eigenvalue weighted by Gasteiger charge is -2.07. The van der Waals surface area contributed by atoms with Crippen molar-refractivity contribution < 1.29 is 4.74 Å². The number of methoxy groups -OCH3 is 1. The maximum absolute atomic E-state index is 6.04. The van der Waals surface area contributed by atoms with E-state index in [0.29, 0.717) is 17.4 Å². The predicted molar refractivity (Wildman–Crippen MR) is 85.1 cm³/mol. The Hall–Kier alpha value is -2.40. The lowest BCUT2D eigenvalue weighted by atomic mass is 10.1. The van der Waals surface area contributed by atoms with Crippen molar-refractivity contribution in [2.45, 2.75) is 13.5 Å². The highest BCUT2D eigenvalue weighted by molar-refractivity contribution is 6.30. The highest BCUT2D eigenvalue weighted by atomic mass is 35.5. The van der Waals surface area contributed by atoms with Gasteiger partial charge in [-0.15, -0.1) is 10.2 Å². The van der Waals surface area contributed by atoms with Crippen molar-refractivity contribution in [3.05, 3.63) is 58.6 Å². The Bertz CT molecular complexity index is 800. The Morgan fingerprint density at radius 1 is 1.18 bits per heavy atom. The summed E-state index contributed by atoms with van der Waals surface area (Å²) in [6.45, 7) is 2.47. The van der Waals surface area contributed by atoms with Gasteiger partial charge in [0.25, 0.3) is 0 Å². The van der Waals surface area contributed by atoms with Gasteiger partial charge in [-0.25, -0.2) is 0 Å². The molecule has 0 spiro atoms. The molecular weight excluding hydrogens is 300 g/mol. The fraction of sp³-hybridized carbons (Fsp3) is 0.188. The number of hydrogen-bond donors (Lipinski definition) is 0. The van der Waals surface area contributed by atoms with Crippen molar-refractivity contribution in [2.24, 2.45) is 0 Å². The Balaban J connectivity index is 1.89. The normalized spacial score (nSPS) is 10.7. The SMILES string of the molecule is COc1ccc(Cl)cc1Cn1nnc(-c2ccccc2C)n1. The maximum Gasteiger partial charge on any atom is 0.205 e. The number of rotatable bonds is 4. The van der Waals surface area contributed by atoms with E-state index in [-0.39, 0.29) is 0 Å². The number of hydrogen-bond acceptors (Lipinski definition) is 4. The number of nitrogens with zero attached hydrogens (tertiary/aromatic N) is 4. The molecule has 6 heteroatoms. The summed E-state index contributed by atoms with van der Waals surface area (Å²) in [5, 5.41) is 13.3. The minimum atomic E-state index is 0.447. The molecule has 0 saturated heterocycles. The van der Waals surface area contributed by atoms with E-state index in [0.717, 1.165) is 22.4 Å². The first-order valence-corrected chi connectivity index (χ1v) is 7.21. The minimum absolute atomic E-state index is 0.447. The quantitative estimate of drug-likeness (QED) is 0.741. The average Bonchev–Trinajstić information content (AvgIpc) is 2.96. The smallest absolute Gasteiger partial charge is 0.205 e. The summed E-state index contributed by atoms with van der Waals surface area (Å²) in [4.78, 5) is 1.54. The van der Waals surface area contributed by atoms with Crippen LogP contribution in [-0.2, 0) is 6.54 Å². The molecule has 0 unspecified atom stereocenters. The third-order valence-corrected chi connectivity index (χ3v) is 3.63. The van der Waals surface area contributed by atoms with Crippen molar-refractivity contribution in [3.8, 4) is 17.1 Å². The van der Waals surface area contributed by atoms with E-state index >= 15 is 0 Å². The molecule has 0 amide bonds. The van der Waals surface area contributed by atoms with E-state index in [1.54, 1.807) is 13.2 Å². The van der Waals surface area contributed by atoms with E-state index in [9.17, 15) is 0 Å². The number of aryl methyl sites for hydroxylation is 1. The monoisotopic (exact) mass is 314 g/mol. The Morgan fingerprint density at radius 2 is 2.00 bits per heavy atom. The summed E-state index contributed by atoms with van der Waals surface area (Å²) in [6.07, 6.45) is 0. The Morgan fingerprint density at radius 3 is 2.77 bits per heavy atom. The first-order valence-electron chi connectivity index (χ1n) is 6.83. The molecule has 3 rings (SSSR count). The average molecular weight is 315 g/mol. The third kappa shape index (κ3) is 2.94. The molecule has 0 saturated carbocycles. The summed E-state index contributed by atoms with van der Waals surface area (Å²) in [5.74, 6) is 1.36. The van der Waals surface area contributed by atoms with Crippen molar-refractivity contribution in [1.82, 2.24) is 20.2 Å². The van der Waals surface area contributed by atoms with Crippen LogP contribution in [0.5, 0.6) is 5.75 Å². The van der Waals surface area contributed by atoms with Gasteiger partial charge in [0.1, 0.15) is 5.75 Å². The second-order valence-corrected chi connectivity index (χ2v) is 5.35. The third-order valence-electron chi connectivity index (χ3n) is 3.39. The first-order chi connectivity index (χ1) is 10.7. The standard InChI is InChI=1S/C16H15ClN4O/c1-11-5-3-4-6-14(11)16-18-20-21(19-16)10-12-9-13(17)7-8-15(12)22-2/h3-9H,10H2,1-2H3. The second kappa shape index (κ2) is 6.15. The van der Waals surface area contributed by atoms with Gasteiger partial charge in [0.2, 0.25) is 5.82 Å². The largest absolute Gasteiger partial charge is 0.496 e. The van der Waals surface area contributed by atoms with Crippen molar-refractivity contribution in [2.75, 3.05) is 7.11 Å². The van der Waals surface area contributed by atoms with E-state index in [4.69, 9.17) is 16.3 Å². The summed E-state index contributed by atoms with van der Waals surface area (Å²) in [7, 11) is 1.63. The fourth-order valence-corrected chi connectivity index (χ4v) is 2.46. The predicted octanol–water partition coefficient (Wildman–Crippen LogP) is 3.36. The number of benzene rings is 2. The molecule has 22 heavy (non-hydrogen) atoms. The van der Waals surface area contributed by atoms with E-state index < -0.39 is 0 Å². The maximum atomic E-state index is 6.04. The molecule has 0 fully saturated rings. The summed E-state index contributed by atoms with van der Waals surface area (Å²) < 4.78 is 5.34. The van der Waals surface area contributed by atoms with E-state index in [1.165, 1.54) is 4.80 Å². The summed E-state index contributed by atoms with van der Waals surface area (Å²) in [5.41, 5.74) is 3.00. The van der Waals surface area contributed by atoms with E-state index in [1.807, 2.05) is 43.3 Å². The van der Waals surface area contributed by atoms with Crippen LogP contribution < -0.4 is 4.74 Å². The molecule has 0 aliphatic carbocycles. The molecule has 0 aliphatic heterocycles. The van der Waals surface area contributed by atoms with E-state index in [2.05, 4.69) is 15.4 Å². The molecular formula is C16H15ClN4O. The van der Waals surface area contributed by atoms with Crippen molar-refractivity contribution >= 4 is 11.6 Å². The van der Waals surface area contributed by atoms with Gasteiger partial charge in [-0.1, -0.05) is 35.9 Å². The molecule has 1 aromatic heterocycles. The number of tetrazole rings is 1. The Kier molecular flexibility index (Phi) is 4.06. The molecule has 5 nitrogen and oxygen atoms in total. The zero-order chi connectivity index (χ0) is 15.5. The molecule has 2 aromatic carbocycles. The van der Waals surface area contributed by atoms with Crippen LogP contribution in [0.15, 0.2) is 42.5 Å². The van der Waals surface area contributed by atoms with Gasteiger partial charge >= 0.3 is 0 Å². The molecule has 0 bridgehead atoms. The minimum Gasteiger partial charge on any atom is -0.496 e. The zero-order valence-electron chi connectivity index (χ0n) is 12.3. The van der Waals surface area contributed by atoms with Gasteiger partial charge in [-0.2, -0.15) is 4.80 Å². The van der Waals surface area contributed by atoms with Crippen LogP contribution >= 0.6 is 11.6 Å². The van der Waals surface area contributed by atoms with Gasteiger partial charge < -0.3 is 4.74 Å². The fourth-order valence-electron chi connectivity index (χ4n) is 2.26. The van der Waals surface area contributed by atoms with Gasteiger partial charge in [0, 0.05) is 16.1 Å². The molecule has 0 aliphatic rings. The van der Waals surface area contributed by atoms with Crippen molar-refractivity contribution in [3.63, 3.8) is 0 Å². The molecule has 112 valence electrons. The number of aromatic nitrogens is 4. The zero-order valence-corrected chi connectivity index (χ0v) is 13.1. The van der Waals surface area contributed by atoms with Crippen LogP contribution in [0.4, 0.5) is 0 Å². The lowest BCUT2D eigenvalue weighted by molar-refractivity contribution is 0.405. The topological polar surface area (TPSA) is 52.8 Å². The van der Waals surface area contributed by atoms with Gasteiger partial charge in [0.05, 0.1) is 13.7 Å². The van der Waals surface area contributed by atoms with Crippen LogP contribution in [-0.4, -0.2) is 27.3 Å². The lowest BCUT2D eigenvalue weighted by Crippen LogP contribution is -2.05. The highest BCUT2D eigenvalue weighted by Gasteiger charge is 2.10. The summed E-state index contributed by atoms with van der Waals surface area (Å²) in [6, 6.07) is 13.4. The van der Waals surface area contributed by atoms with Crippen LogP contribution in [0.1, 0.15) is 11.1 Å². The highest BCUT2D eigenvalue weighted by Crippen LogP contribution is 2.23. The molecule has 1 heterocycles. The molecule has 0 N–H and O–H groups in total. The second-order valence-electron chi connectivity index (χ2n) is 4.91. The van der Waals surface area contributed by atoms with Crippen LogP contribution in [0.2, 0.25) is 5.02 Å². The summed E-state index contributed by atoms with van der Waals surface area (Å²) >= 11 is 6.04. The van der Waals surface area contributed by atoms with Gasteiger partial charge in [0.15, 0.2) is 0 Å².